The fraction of sp³-hybridized carbons (Fsp3) is 0.917. The molecule has 94 valence electrons. The van der Waals surface area contributed by atoms with Crippen molar-refractivity contribution in [3.8, 4) is 0 Å². The van der Waals surface area contributed by atoms with E-state index in [4.69, 9.17) is 4.74 Å². The average Bonchev–Trinajstić information content (AvgIpc) is 2.48. The molecule has 0 saturated carbocycles. The third kappa shape index (κ3) is 4.39. The van der Waals surface area contributed by atoms with Crippen molar-refractivity contribution >= 4 is 6.09 Å². The zero-order valence-corrected chi connectivity index (χ0v) is 11.1. The molecule has 0 radical (unpaired) electrons. The average molecular weight is 228 g/mol. The van der Waals surface area contributed by atoms with Crippen molar-refractivity contribution in [2.75, 3.05) is 33.7 Å². The quantitative estimate of drug-likeness (QED) is 0.722. The predicted molar refractivity (Wildman–Crippen MR) is 64.5 cm³/mol. The van der Waals surface area contributed by atoms with E-state index in [1.165, 1.54) is 0 Å². The van der Waals surface area contributed by atoms with Crippen molar-refractivity contribution in [2.45, 2.75) is 32.8 Å². The van der Waals surface area contributed by atoms with E-state index in [9.17, 15) is 4.79 Å². The second-order valence-corrected chi connectivity index (χ2v) is 5.84. The van der Waals surface area contributed by atoms with E-state index >= 15 is 0 Å². The van der Waals surface area contributed by atoms with Crippen LogP contribution in [0.25, 0.3) is 0 Å². The summed E-state index contributed by atoms with van der Waals surface area (Å²) in [4.78, 5) is 15.8. The third-order valence-corrected chi connectivity index (χ3v) is 2.56. The summed E-state index contributed by atoms with van der Waals surface area (Å²) in [7, 11) is 4.13. The Kier molecular flexibility index (Phi) is 4.19. The zero-order chi connectivity index (χ0) is 12.3. The largest absolute Gasteiger partial charge is 0.444 e. The van der Waals surface area contributed by atoms with Crippen LogP contribution in [0.3, 0.4) is 0 Å². The first kappa shape index (κ1) is 13.3. The molecular formula is C12H24N2O2. The molecular weight excluding hydrogens is 204 g/mol. The zero-order valence-electron chi connectivity index (χ0n) is 11.1. The molecule has 1 heterocycles. The summed E-state index contributed by atoms with van der Waals surface area (Å²) < 4.78 is 5.35. The summed E-state index contributed by atoms with van der Waals surface area (Å²) in [6, 6.07) is 0. The molecule has 1 saturated heterocycles. The first-order valence-electron chi connectivity index (χ1n) is 5.90. The van der Waals surface area contributed by atoms with Crippen LogP contribution in [-0.2, 0) is 4.74 Å². The van der Waals surface area contributed by atoms with E-state index in [0.29, 0.717) is 5.92 Å². The van der Waals surface area contributed by atoms with Gasteiger partial charge in [0.2, 0.25) is 0 Å². The highest BCUT2D eigenvalue weighted by Gasteiger charge is 2.29. The molecule has 1 rings (SSSR count). The van der Waals surface area contributed by atoms with Crippen molar-refractivity contribution in [1.82, 2.24) is 9.80 Å². The Bertz CT molecular complexity index is 246. The Morgan fingerprint density at radius 3 is 2.56 bits per heavy atom. The maximum atomic E-state index is 11.8. The van der Waals surface area contributed by atoms with Gasteiger partial charge in [0.1, 0.15) is 5.60 Å². The van der Waals surface area contributed by atoms with Gasteiger partial charge in [-0.05, 0) is 47.2 Å². The predicted octanol–water partition coefficient (Wildman–Crippen LogP) is 1.80. The van der Waals surface area contributed by atoms with Crippen molar-refractivity contribution in [3.05, 3.63) is 0 Å². The third-order valence-electron chi connectivity index (χ3n) is 2.56. The molecule has 0 spiro atoms. The van der Waals surface area contributed by atoms with Gasteiger partial charge in [0.15, 0.2) is 0 Å². The van der Waals surface area contributed by atoms with E-state index in [1.54, 1.807) is 0 Å². The van der Waals surface area contributed by atoms with Gasteiger partial charge in [-0.1, -0.05) is 0 Å². The van der Waals surface area contributed by atoms with Crippen LogP contribution in [0.4, 0.5) is 4.79 Å². The molecule has 0 aromatic heterocycles. The number of ether oxygens (including phenoxy) is 1. The van der Waals surface area contributed by atoms with E-state index < -0.39 is 5.60 Å². The number of nitrogens with zero attached hydrogens (tertiary/aromatic N) is 2. The summed E-state index contributed by atoms with van der Waals surface area (Å²) in [5.41, 5.74) is -0.392. The van der Waals surface area contributed by atoms with E-state index in [2.05, 4.69) is 19.0 Å². The molecule has 1 aliphatic rings. The summed E-state index contributed by atoms with van der Waals surface area (Å²) >= 11 is 0. The van der Waals surface area contributed by atoms with Crippen LogP contribution in [0.15, 0.2) is 0 Å². The van der Waals surface area contributed by atoms with E-state index in [-0.39, 0.29) is 6.09 Å². The molecule has 0 aromatic carbocycles. The maximum absolute atomic E-state index is 11.8. The van der Waals surface area contributed by atoms with Gasteiger partial charge < -0.3 is 14.5 Å². The second kappa shape index (κ2) is 5.04. The molecule has 16 heavy (non-hydrogen) atoms. The highest BCUT2D eigenvalue weighted by atomic mass is 16.6. The summed E-state index contributed by atoms with van der Waals surface area (Å²) in [5.74, 6) is 0.586. The molecule has 1 amide bonds. The lowest BCUT2D eigenvalue weighted by Crippen LogP contribution is -2.36. The van der Waals surface area contributed by atoms with E-state index in [1.807, 2.05) is 25.7 Å². The molecule has 1 fully saturated rings. The Morgan fingerprint density at radius 1 is 1.44 bits per heavy atom. The summed E-state index contributed by atoms with van der Waals surface area (Å²) in [6.45, 7) is 8.40. The van der Waals surface area contributed by atoms with Crippen LogP contribution >= 0.6 is 0 Å². The van der Waals surface area contributed by atoms with Crippen molar-refractivity contribution in [1.29, 1.82) is 0 Å². The van der Waals surface area contributed by atoms with Crippen molar-refractivity contribution in [2.24, 2.45) is 5.92 Å². The molecule has 0 aliphatic carbocycles. The molecule has 4 heteroatoms. The van der Waals surface area contributed by atoms with Crippen LogP contribution in [-0.4, -0.2) is 55.2 Å². The first-order valence-corrected chi connectivity index (χ1v) is 5.90. The van der Waals surface area contributed by atoms with Gasteiger partial charge in [0.05, 0.1) is 0 Å². The standard InChI is InChI=1S/C12H24N2O2/c1-12(2,3)16-11(15)14-7-6-10(9-14)8-13(4)5/h10H,6-9H2,1-5H3/t10-/m1/s1. The van der Waals surface area contributed by atoms with Gasteiger partial charge in [0.25, 0.3) is 0 Å². The SMILES string of the molecule is CN(C)C[C@H]1CCN(C(=O)OC(C)(C)C)C1. The molecule has 1 aliphatic heterocycles. The van der Waals surface area contributed by atoms with Crippen LogP contribution in [0, 0.1) is 5.92 Å². The summed E-state index contributed by atoms with van der Waals surface area (Å²) in [6.07, 6.45) is 0.908. The minimum Gasteiger partial charge on any atom is -0.444 e. The smallest absolute Gasteiger partial charge is 0.410 e. The number of rotatable bonds is 2. The number of carbonyl (C=O) groups is 1. The van der Waals surface area contributed by atoms with Gasteiger partial charge in [0, 0.05) is 19.6 Å². The van der Waals surface area contributed by atoms with Crippen molar-refractivity contribution < 1.29 is 9.53 Å². The number of amides is 1. The molecule has 4 nitrogen and oxygen atoms in total. The fourth-order valence-electron chi connectivity index (χ4n) is 1.99. The Hall–Kier alpha value is -0.770. The highest BCUT2D eigenvalue weighted by molar-refractivity contribution is 5.68. The minimum atomic E-state index is -0.392. The first-order chi connectivity index (χ1) is 7.28. The number of likely N-dealkylation sites (tertiary alicyclic amines) is 1. The Morgan fingerprint density at radius 2 is 2.06 bits per heavy atom. The number of hydrogen-bond acceptors (Lipinski definition) is 3. The molecule has 0 aromatic rings. The second-order valence-electron chi connectivity index (χ2n) is 5.84. The molecule has 0 N–H and O–H groups in total. The highest BCUT2D eigenvalue weighted by Crippen LogP contribution is 2.19. The van der Waals surface area contributed by atoms with Crippen LogP contribution in [0.2, 0.25) is 0 Å². The lowest BCUT2D eigenvalue weighted by atomic mass is 10.1. The topological polar surface area (TPSA) is 32.8 Å². The van der Waals surface area contributed by atoms with Gasteiger partial charge >= 0.3 is 6.09 Å². The van der Waals surface area contributed by atoms with Crippen molar-refractivity contribution in [3.63, 3.8) is 0 Å². The monoisotopic (exact) mass is 228 g/mol. The van der Waals surface area contributed by atoms with Gasteiger partial charge in [-0.2, -0.15) is 0 Å². The molecule has 1 atom stereocenters. The molecule has 0 unspecified atom stereocenters. The lowest BCUT2D eigenvalue weighted by Gasteiger charge is -2.24. The van der Waals surface area contributed by atoms with Gasteiger partial charge in [-0.25, -0.2) is 4.79 Å². The lowest BCUT2D eigenvalue weighted by molar-refractivity contribution is 0.0286. The summed E-state index contributed by atoms with van der Waals surface area (Å²) in [5, 5.41) is 0. The Balaban J connectivity index is 2.38. The number of carbonyl (C=O) groups excluding carboxylic acids is 1. The number of hydrogen-bond donors (Lipinski definition) is 0. The van der Waals surface area contributed by atoms with Crippen LogP contribution in [0.5, 0.6) is 0 Å². The van der Waals surface area contributed by atoms with E-state index in [0.717, 1.165) is 26.1 Å². The van der Waals surface area contributed by atoms with Gasteiger partial charge in [-0.15, -0.1) is 0 Å². The Labute approximate surface area is 98.5 Å². The minimum absolute atomic E-state index is 0.172. The maximum Gasteiger partial charge on any atom is 0.410 e. The fourth-order valence-corrected chi connectivity index (χ4v) is 1.99. The van der Waals surface area contributed by atoms with Gasteiger partial charge in [-0.3, -0.25) is 0 Å². The normalized spacial score (nSPS) is 21.6. The molecule has 0 bridgehead atoms. The van der Waals surface area contributed by atoms with Crippen LogP contribution in [0.1, 0.15) is 27.2 Å². The van der Waals surface area contributed by atoms with Crippen LogP contribution < -0.4 is 0 Å².